The zero-order valence-electron chi connectivity index (χ0n) is 10.2. The first-order chi connectivity index (χ1) is 8.70. The van der Waals surface area contributed by atoms with Gasteiger partial charge in [0.15, 0.2) is 0 Å². The van der Waals surface area contributed by atoms with Crippen LogP contribution in [0.15, 0.2) is 53.0 Å². The number of hydrogen-bond donors (Lipinski definition) is 0. The van der Waals surface area contributed by atoms with Gasteiger partial charge in [0.2, 0.25) is 0 Å². The highest BCUT2D eigenvalue weighted by atomic mass is 79.9. The Morgan fingerprint density at radius 1 is 1.06 bits per heavy atom. The minimum atomic E-state index is -0.198. The number of anilines is 1. The number of halogens is 2. The number of nitrogens with zero attached hydrogens (tertiary/aromatic N) is 1. The van der Waals surface area contributed by atoms with Crippen LogP contribution in [0.4, 0.5) is 10.1 Å². The smallest absolute Gasteiger partial charge is 0.123 e. The van der Waals surface area contributed by atoms with Crippen LogP contribution < -0.4 is 4.90 Å². The molecular weight excluding hydrogens is 293 g/mol. The van der Waals surface area contributed by atoms with Crippen molar-refractivity contribution in [3.8, 4) is 0 Å². The zero-order valence-corrected chi connectivity index (χ0v) is 11.8. The molecule has 0 aliphatic heterocycles. The molecule has 0 radical (unpaired) electrons. The lowest BCUT2D eigenvalue weighted by molar-refractivity contribution is 0.627. The normalized spacial score (nSPS) is 10.4. The molecule has 0 aliphatic rings. The van der Waals surface area contributed by atoms with E-state index in [1.54, 1.807) is 0 Å². The van der Waals surface area contributed by atoms with Gasteiger partial charge >= 0.3 is 0 Å². The predicted octanol–water partition coefficient (Wildman–Crippen LogP) is 4.61. The summed E-state index contributed by atoms with van der Waals surface area (Å²) >= 11 is 3.55. The van der Waals surface area contributed by atoms with E-state index >= 15 is 0 Å². The van der Waals surface area contributed by atoms with Crippen LogP contribution >= 0.6 is 15.9 Å². The molecule has 0 unspecified atom stereocenters. The van der Waals surface area contributed by atoms with Crippen LogP contribution in [0.5, 0.6) is 0 Å². The van der Waals surface area contributed by atoms with E-state index in [0.717, 1.165) is 23.2 Å². The van der Waals surface area contributed by atoms with E-state index in [1.165, 1.54) is 17.7 Å². The zero-order chi connectivity index (χ0) is 13.0. The Hall–Kier alpha value is -1.35. The van der Waals surface area contributed by atoms with Gasteiger partial charge < -0.3 is 4.90 Å². The highest BCUT2D eigenvalue weighted by Crippen LogP contribution is 2.22. The molecule has 0 aromatic heterocycles. The van der Waals surface area contributed by atoms with Crippen molar-refractivity contribution in [3.63, 3.8) is 0 Å². The van der Waals surface area contributed by atoms with Gasteiger partial charge in [0, 0.05) is 23.2 Å². The van der Waals surface area contributed by atoms with Crippen LogP contribution in [-0.2, 0) is 6.54 Å². The van der Waals surface area contributed by atoms with Gasteiger partial charge in [0.05, 0.1) is 0 Å². The molecule has 0 fully saturated rings. The van der Waals surface area contributed by atoms with Crippen molar-refractivity contribution in [3.05, 3.63) is 64.4 Å². The lowest BCUT2D eigenvalue weighted by atomic mass is 10.2. The molecule has 0 saturated carbocycles. The third-order valence-corrected chi connectivity index (χ3v) is 3.67. The fourth-order valence-corrected chi connectivity index (χ4v) is 2.28. The lowest BCUT2D eigenvalue weighted by Crippen LogP contribution is -2.22. The molecule has 0 spiro atoms. The number of hydrogen-bond acceptors (Lipinski definition) is 1. The van der Waals surface area contributed by atoms with Crippen molar-refractivity contribution >= 4 is 21.6 Å². The maximum absolute atomic E-state index is 12.9. The highest BCUT2D eigenvalue weighted by Gasteiger charge is 2.07. The van der Waals surface area contributed by atoms with Crippen LogP contribution in [0.1, 0.15) is 12.5 Å². The fraction of sp³-hybridized carbons (Fsp3) is 0.200. The molecule has 94 valence electrons. The Labute approximate surface area is 115 Å². The summed E-state index contributed by atoms with van der Waals surface area (Å²) in [5.41, 5.74) is 2.26. The Morgan fingerprint density at radius 2 is 1.72 bits per heavy atom. The monoisotopic (exact) mass is 307 g/mol. The first-order valence-electron chi connectivity index (χ1n) is 5.94. The van der Waals surface area contributed by atoms with Crippen LogP contribution in [0.2, 0.25) is 0 Å². The van der Waals surface area contributed by atoms with Crippen LogP contribution in [0, 0.1) is 5.82 Å². The highest BCUT2D eigenvalue weighted by molar-refractivity contribution is 9.10. The van der Waals surface area contributed by atoms with Crippen molar-refractivity contribution in [2.24, 2.45) is 0 Å². The third kappa shape index (κ3) is 3.10. The Morgan fingerprint density at radius 3 is 2.33 bits per heavy atom. The number of benzene rings is 2. The van der Waals surface area contributed by atoms with E-state index in [-0.39, 0.29) is 5.82 Å². The third-order valence-electron chi connectivity index (χ3n) is 2.89. The van der Waals surface area contributed by atoms with Crippen LogP contribution in [0.3, 0.4) is 0 Å². The molecule has 0 N–H and O–H groups in total. The Balaban J connectivity index is 2.20. The minimum Gasteiger partial charge on any atom is -0.367 e. The van der Waals surface area contributed by atoms with Gasteiger partial charge in [-0.2, -0.15) is 0 Å². The Bertz CT molecular complexity index is 510. The van der Waals surface area contributed by atoms with E-state index in [0.29, 0.717) is 0 Å². The summed E-state index contributed by atoms with van der Waals surface area (Å²) in [6.45, 7) is 3.79. The van der Waals surface area contributed by atoms with Crippen molar-refractivity contribution < 1.29 is 4.39 Å². The maximum Gasteiger partial charge on any atom is 0.123 e. The summed E-state index contributed by atoms with van der Waals surface area (Å²) < 4.78 is 14.0. The summed E-state index contributed by atoms with van der Waals surface area (Å²) in [6.07, 6.45) is 0. The van der Waals surface area contributed by atoms with E-state index in [4.69, 9.17) is 0 Å². The molecule has 0 aliphatic carbocycles. The largest absolute Gasteiger partial charge is 0.367 e. The average Bonchev–Trinajstić information content (AvgIpc) is 2.39. The molecule has 0 amide bonds. The second kappa shape index (κ2) is 6.01. The molecule has 0 saturated heterocycles. The summed E-state index contributed by atoms with van der Waals surface area (Å²) in [6, 6.07) is 14.8. The van der Waals surface area contributed by atoms with Gasteiger partial charge in [0.25, 0.3) is 0 Å². The van der Waals surface area contributed by atoms with Gasteiger partial charge in [-0.15, -0.1) is 0 Å². The standard InChI is InChI=1S/C15H15BrFN/c1-2-18(14-9-7-13(17)8-10-14)11-12-5-3-4-6-15(12)16/h3-10H,2,11H2,1H3. The summed E-state index contributed by atoms with van der Waals surface area (Å²) in [5.74, 6) is -0.198. The van der Waals surface area contributed by atoms with Crippen LogP contribution in [0.25, 0.3) is 0 Å². The summed E-state index contributed by atoms with van der Waals surface area (Å²) in [7, 11) is 0. The molecule has 0 atom stereocenters. The van der Waals surface area contributed by atoms with Crippen molar-refractivity contribution in [1.29, 1.82) is 0 Å². The molecule has 0 bridgehead atoms. The SMILES string of the molecule is CCN(Cc1ccccc1Br)c1ccc(F)cc1. The second-order valence-corrected chi connectivity index (χ2v) is 4.94. The summed E-state index contributed by atoms with van der Waals surface area (Å²) in [4.78, 5) is 2.21. The maximum atomic E-state index is 12.9. The van der Waals surface area contributed by atoms with Gasteiger partial charge in [0.1, 0.15) is 5.82 Å². The van der Waals surface area contributed by atoms with E-state index in [9.17, 15) is 4.39 Å². The minimum absolute atomic E-state index is 0.198. The first kappa shape index (κ1) is 13.1. The predicted molar refractivity (Wildman–Crippen MR) is 77.3 cm³/mol. The van der Waals surface area contributed by atoms with Gasteiger partial charge in [-0.25, -0.2) is 4.39 Å². The molecular formula is C15H15BrFN. The molecule has 2 rings (SSSR count). The Kier molecular flexibility index (Phi) is 4.37. The summed E-state index contributed by atoms with van der Waals surface area (Å²) in [5, 5.41) is 0. The van der Waals surface area contributed by atoms with Crippen molar-refractivity contribution in [1.82, 2.24) is 0 Å². The van der Waals surface area contributed by atoms with Gasteiger partial charge in [-0.3, -0.25) is 0 Å². The van der Waals surface area contributed by atoms with Gasteiger partial charge in [-0.05, 0) is 42.8 Å². The van der Waals surface area contributed by atoms with E-state index in [1.807, 2.05) is 30.3 Å². The average molecular weight is 308 g/mol. The first-order valence-corrected chi connectivity index (χ1v) is 6.74. The molecule has 0 heterocycles. The van der Waals surface area contributed by atoms with Crippen LogP contribution in [-0.4, -0.2) is 6.54 Å². The number of rotatable bonds is 4. The fourth-order valence-electron chi connectivity index (χ4n) is 1.87. The lowest BCUT2D eigenvalue weighted by Gasteiger charge is -2.23. The topological polar surface area (TPSA) is 3.24 Å². The van der Waals surface area contributed by atoms with Gasteiger partial charge in [-0.1, -0.05) is 34.1 Å². The quantitative estimate of drug-likeness (QED) is 0.797. The molecule has 2 aromatic carbocycles. The van der Waals surface area contributed by atoms with Crippen molar-refractivity contribution in [2.75, 3.05) is 11.4 Å². The molecule has 2 aromatic rings. The van der Waals surface area contributed by atoms with E-state index in [2.05, 4.69) is 33.8 Å². The molecule has 18 heavy (non-hydrogen) atoms. The molecule has 1 nitrogen and oxygen atoms in total. The molecule has 3 heteroatoms. The van der Waals surface area contributed by atoms with Crippen molar-refractivity contribution in [2.45, 2.75) is 13.5 Å². The second-order valence-electron chi connectivity index (χ2n) is 4.08. The van der Waals surface area contributed by atoms with E-state index < -0.39 is 0 Å².